The van der Waals surface area contributed by atoms with Crippen LogP contribution in [0.3, 0.4) is 0 Å². The van der Waals surface area contributed by atoms with Crippen molar-refractivity contribution >= 4 is 28.1 Å². The number of hydrogen-bond donors (Lipinski definition) is 2. The monoisotopic (exact) mass is 754 g/mol. The van der Waals surface area contributed by atoms with E-state index in [2.05, 4.69) is 10.6 Å². The highest BCUT2D eigenvalue weighted by atomic mass is 32.2. The van der Waals surface area contributed by atoms with Crippen LogP contribution < -0.4 is 10.6 Å². The van der Waals surface area contributed by atoms with Crippen molar-refractivity contribution in [2.45, 2.75) is 87.4 Å². The number of carbonyl (C=O) groups excluding carboxylic acids is 3. The molecule has 1 saturated heterocycles. The van der Waals surface area contributed by atoms with Gasteiger partial charge in [0.1, 0.15) is 23.3 Å². The first-order valence-corrected chi connectivity index (χ1v) is 19.3. The van der Waals surface area contributed by atoms with Crippen LogP contribution in [0.5, 0.6) is 0 Å². The van der Waals surface area contributed by atoms with E-state index >= 15 is 0 Å². The molecule has 3 aromatic rings. The molecule has 0 aromatic heterocycles. The molecule has 286 valence electrons. The van der Waals surface area contributed by atoms with Crippen molar-refractivity contribution in [3.05, 3.63) is 102 Å². The van der Waals surface area contributed by atoms with Gasteiger partial charge in [-0.3, -0.25) is 4.79 Å². The Hall–Kier alpha value is -4.56. The van der Waals surface area contributed by atoms with Gasteiger partial charge < -0.3 is 25.0 Å². The summed E-state index contributed by atoms with van der Waals surface area (Å²) in [5.74, 6) is -2.33. The number of nitrogens with one attached hydrogen (secondary N) is 2. The standard InChI is InChI=1S/C39H48F2N4O7S/c1-39(2,3)52-38(48)44-23-24-45(53(49,50)32-10-6-5-7-11-32)31(25-44)22-17-26-9-8-12-33(26)42-36(46)35(43-37(47)51-4)34(27-13-18-29(40)19-14-27)28-15-20-30(41)21-16-28/h5-7,10-11,13-16,18-21,26,31,33-35H,8-9,12,17,22-25H2,1-4H3,(H,42,46)(H,43,47)/t26?,31-,33-,35-/m0/s1. The molecule has 2 N–H and O–H groups in total. The van der Waals surface area contributed by atoms with Crippen molar-refractivity contribution in [3.8, 4) is 0 Å². The molecule has 0 radical (unpaired) electrons. The third kappa shape index (κ3) is 10.1. The number of nitrogens with zero attached hydrogens (tertiary/aromatic N) is 2. The zero-order valence-electron chi connectivity index (χ0n) is 30.5. The van der Waals surface area contributed by atoms with Crippen LogP contribution in [0.15, 0.2) is 83.8 Å². The summed E-state index contributed by atoms with van der Waals surface area (Å²) in [5.41, 5.74) is 0.315. The summed E-state index contributed by atoms with van der Waals surface area (Å²) in [5, 5.41) is 5.79. The first kappa shape index (κ1) is 39.6. The van der Waals surface area contributed by atoms with E-state index < -0.39 is 63.4 Å². The van der Waals surface area contributed by atoms with Crippen molar-refractivity contribution in [1.29, 1.82) is 0 Å². The predicted molar refractivity (Wildman–Crippen MR) is 194 cm³/mol. The second-order valence-corrected chi connectivity index (χ2v) is 16.5. The molecule has 14 heteroatoms. The fourth-order valence-electron chi connectivity index (χ4n) is 7.27. The maximum atomic E-state index is 14.2. The van der Waals surface area contributed by atoms with E-state index in [0.717, 1.165) is 12.8 Å². The summed E-state index contributed by atoms with van der Waals surface area (Å²) < 4.78 is 67.7. The molecule has 1 aliphatic carbocycles. The van der Waals surface area contributed by atoms with Crippen molar-refractivity contribution in [3.63, 3.8) is 0 Å². The maximum absolute atomic E-state index is 14.2. The van der Waals surface area contributed by atoms with Gasteiger partial charge in [0.15, 0.2) is 0 Å². The van der Waals surface area contributed by atoms with E-state index in [1.54, 1.807) is 56.0 Å². The van der Waals surface area contributed by atoms with Gasteiger partial charge in [-0.15, -0.1) is 0 Å². The van der Waals surface area contributed by atoms with Gasteiger partial charge in [0.25, 0.3) is 0 Å². The minimum absolute atomic E-state index is 0.0361. The smallest absolute Gasteiger partial charge is 0.410 e. The Morgan fingerprint density at radius 1 is 0.868 bits per heavy atom. The second-order valence-electron chi connectivity index (χ2n) is 14.6. The van der Waals surface area contributed by atoms with Crippen LogP contribution in [0.2, 0.25) is 0 Å². The lowest BCUT2D eigenvalue weighted by Gasteiger charge is -2.41. The molecule has 4 atom stereocenters. The summed E-state index contributed by atoms with van der Waals surface area (Å²) >= 11 is 0. The first-order chi connectivity index (χ1) is 25.2. The molecule has 1 saturated carbocycles. The molecular formula is C39H48F2N4O7S. The van der Waals surface area contributed by atoms with E-state index in [1.807, 2.05) is 0 Å². The van der Waals surface area contributed by atoms with Gasteiger partial charge in [-0.2, -0.15) is 4.31 Å². The molecule has 53 heavy (non-hydrogen) atoms. The molecule has 0 spiro atoms. The molecule has 1 aliphatic heterocycles. The van der Waals surface area contributed by atoms with Crippen LogP contribution in [0, 0.1) is 17.6 Å². The van der Waals surface area contributed by atoms with Gasteiger partial charge in [-0.25, -0.2) is 26.8 Å². The number of amides is 3. The van der Waals surface area contributed by atoms with Crippen LogP contribution in [0.4, 0.5) is 18.4 Å². The summed E-state index contributed by atoms with van der Waals surface area (Å²) in [6, 6.07) is 17.2. The summed E-state index contributed by atoms with van der Waals surface area (Å²) in [6.07, 6.45) is 1.84. The van der Waals surface area contributed by atoms with Gasteiger partial charge in [0.2, 0.25) is 15.9 Å². The molecule has 3 aromatic carbocycles. The quantitative estimate of drug-likeness (QED) is 0.238. The highest BCUT2D eigenvalue weighted by Crippen LogP contribution is 2.34. The van der Waals surface area contributed by atoms with Crippen LogP contribution in [-0.2, 0) is 24.3 Å². The Balaban J connectivity index is 1.37. The fraction of sp³-hybridized carbons (Fsp3) is 0.462. The van der Waals surface area contributed by atoms with Gasteiger partial charge in [-0.1, -0.05) is 48.9 Å². The predicted octanol–water partition coefficient (Wildman–Crippen LogP) is 6.20. The summed E-state index contributed by atoms with van der Waals surface area (Å²) in [7, 11) is -2.70. The van der Waals surface area contributed by atoms with E-state index in [-0.39, 0.29) is 36.5 Å². The molecule has 3 amide bonds. The number of alkyl carbamates (subject to hydrolysis) is 1. The molecule has 1 heterocycles. The molecule has 5 rings (SSSR count). The maximum Gasteiger partial charge on any atom is 0.410 e. The first-order valence-electron chi connectivity index (χ1n) is 17.9. The van der Waals surface area contributed by atoms with Crippen molar-refractivity contribution in [1.82, 2.24) is 19.8 Å². The second kappa shape index (κ2) is 17.1. The minimum atomic E-state index is -3.88. The topological polar surface area (TPSA) is 134 Å². The number of sulfonamides is 1. The lowest BCUT2D eigenvalue weighted by Crippen LogP contribution is -2.57. The molecular weight excluding hydrogens is 707 g/mol. The molecule has 0 bridgehead atoms. The number of hydrogen-bond acceptors (Lipinski definition) is 7. The highest BCUT2D eigenvalue weighted by Gasteiger charge is 2.41. The fourth-order valence-corrected chi connectivity index (χ4v) is 8.92. The molecule has 2 aliphatic rings. The van der Waals surface area contributed by atoms with Crippen LogP contribution in [0.25, 0.3) is 0 Å². The Morgan fingerprint density at radius 3 is 2.04 bits per heavy atom. The van der Waals surface area contributed by atoms with Gasteiger partial charge in [-0.05, 0) is 99.9 Å². The third-order valence-electron chi connectivity index (χ3n) is 9.82. The molecule has 1 unspecified atom stereocenters. The zero-order chi connectivity index (χ0) is 38.3. The number of piperazine rings is 1. The van der Waals surface area contributed by atoms with Gasteiger partial charge in [0, 0.05) is 37.6 Å². The van der Waals surface area contributed by atoms with E-state index in [0.29, 0.717) is 30.4 Å². The van der Waals surface area contributed by atoms with Crippen LogP contribution in [0.1, 0.15) is 69.9 Å². The molecule has 2 fully saturated rings. The van der Waals surface area contributed by atoms with Gasteiger partial charge in [0.05, 0.1) is 12.0 Å². The van der Waals surface area contributed by atoms with E-state index in [4.69, 9.17) is 9.47 Å². The number of methoxy groups -OCH3 is 1. The largest absolute Gasteiger partial charge is 0.453 e. The summed E-state index contributed by atoms with van der Waals surface area (Å²) in [6.45, 7) is 5.75. The lowest BCUT2D eigenvalue weighted by atomic mass is 9.84. The molecule has 11 nitrogen and oxygen atoms in total. The number of ether oxygens (including phenoxy) is 2. The Bertz CT molecular complexity index is 1780. The lowest BCUT2D eigenvalue weighted by molar-refractivity contribution is -0.124. The number of benzene rings is 3. The third-order valence-corrected chi connectivity index (χ3v) is 11.8. The normalized spacial score (nSPS) is 20.1. The number of rotatable bonds is 11. The van der Waals surface area contributed by atoms with E-state index in [9.17, 15) is 31.6 Å². The number of halogens is 2. The van der Waals surface area contributed by atoms with Crippen LogP contribution >= 0.6 is 0 Å². The number of carbonyl (C=O) groups is 3. The Morgan fingerprint density at radius 2 is 1.47 bits per heavy atom. The van der Waals surface area contributed by atoms with Crippen molar-refractivity contribution in [2.24, 2.45) is 5.92 Å². The van der Waals surface area contributed by atoms with E-state index in [1.165, 1.54) is 59.9 Å². The van der Waals surface area contributed by atoms with Crippen LogP contribution in [-0.4, -0.2) is 86.2 Å². The highest BCUT2D eigenvalue weighted by molar-refractivity contribution is 7.89. The van der Waals surface area contributed by atoms with Crippen molar-refractivity contribution < 1.29 is 41.1 Å². The summed E-state index contributed by atoms with van der Waals surface area (Å²) in [4.78, 5) is 41.7. The zero-order valence-corrected chi connectivity index (χ0v) is 31.3. The SMILES string of the molecule is COC(=O)N[C@H](C(=O)N[C@H]1CCCC1CC[C@H]1CN(C(=O)OC(C)(C)C)CCN1S(=O)(=O)c1ccccc1)C(c1ccc(F)cc1)c1ccc(F)cc1. The van der Waals surface area contributed by atoms with Gasteiger partial charge >= 0.3 is 12.2 Å². The Kier molecular flexibility index (Phi) is 12.8. The minimum Gasteiger partial charge on any atom is -0.453 e. The average molecular weight is 755 g/mol. The Labute approximate surface area is 310 Å². The van der Waals surface area contributed by atoms with Crippen molar-refractivity contribution in [2.75, 3.05) is 26.7 Å². The average Bonchev–Trinajstić information content (AvgIpc) is 3.57.